The van der Waals surface area contributed by atoms with E-state index in [1.807, 2.05) is 60.8 Å². The van der Waals surface area contributed by atoms with Crippen molar-refractivity contribution in [3.63, 3.8) is 0 Å². The van der Waals surface area contributed by atoms with Gasteiger partial charge in [0.2, 0.25) is 0 Å². The Morgan fingerprint density at radius 1 is 1.21 bits per heavy atom. The summed E-state index contributed by atoms with van der Waals surface area (Å²) in [5, 5.41) is 5.95. The molecule has 6 nitrogen and oxygen atoms in total. The number of thiazole rings is 1. The molecule has 0 unspecified atom stereocenters. The highest BCUT2D eigenvalue weighted by molar-refractivity contribution is 7.09. The number of aromatic nitrogens is 1. The number of hydrogen-bond donors (Lipinski definition) is 1. The normalized spacial score (nSPS) is 15.5. The van der Waals surface area contributed by atoms with Gasteiger partial charge in [0.15, 0.2) is 0 Å². The first-order chi connectivity index (χ1) is 14.1. The number of ether oxygens (including phenoxy) is 1. The lowest BCUT2D eigenvalue weighted by molar-refractivity contribution is -0.121. The Hall–Kier alpha value is -3.19. The molecule has 29 heavy (non-hydrogen) atoms. The Balaban J connectivity index is 1.63. The summed E-state index contributed by atoms with van der Waals surface area (Å²) in [6, 6.07) is 14.5. The fraction of sp³-hybridized carbons (Fsp3) is 0.227. The number of nitrogens with one attached hydrogen (secondary N) is 1. The lowest BCUT2D eigenvalue weighted by Gasteiger charge is -2.35. The topological polar surface area (TPSA) is 71.5 Å². The van der Waals surface area contributed by atoms with E-state index >= 15 is 0 Å². The molecule has 0 bridgehead atoms. The third-order valence-electron chi connectivity index (χ3n) is 4.99. The van der Waals surface area contributed by atoms with Crippen molar-refractivity contribution in [3.8, 4) is 11.3 Å². The van der Waals surface area contributed by atoms with Crippen LogP contribution in [0.25, 0.3) is 11.3 Å². The van der Waals surface area contributed by atoms with Crippen LogP contribution in [0.3, 0.4) is 0 Å². The molecule has 0 saturated heterocycles. The van der Waals surface area contributed by atoms with Crippen molar-refractivity contribution in [2.75, 3.05) is 19.0 Å². The largest absolute Gasteiger partial charge is 0.453 e. The highest BCUT2D eigenvalue weighted by atomic mass is 32.1. The number of amides is 2. The van der Waals surface area contributed by atoms with Gasteiger partial charge in [-0.05, 0) is 36.6 Å². The van der Waals surface area contributed by atoms with Gasteiger partial charge in [0, 0.05) is 23.2 Å². The zero-order chi connectivity index (χ0) is 20.4. The van der Waals surface area contributed by atoms with Gasteiger partial charge in [0.25, 0.3) is 5.91 Å². The van der Waals surface area contributed by atoms with E-state index in [0.29, 0.717) is 18.7 Å². The molecule has 2 heterocycles. The van der Waals surface area contributed by atoms with Gasteiger partial charge in [-0.15, -0.1) is 11.3 Å². The predicted molar refractivity (Wildman–Crippen MR) is 113 cm³/mol. The Kier molecular flexibility index (Phi) is 5.31. The van der Waals surface area contributed by atoms with Crippen molar-refractivity contribution in [1.82, 2.24) is 9.88 Å². The fourth-order valence-corrected chi connectivity index (χ4v) is 4.25. The number of carbonyl (C=O) groups excluding carboxylic acids is 2. The minimum atomic E-state index is -0.738. The van der Waals surface area contributed by atoms with Gasteiger partial charge in [-0.3, -0.25) is 9.69 Å². The summed E-state index contributed by atoms with van der Waals surface area (Å²) >= 11 is 1.58. The van der Waals surface area contributed by atoms with Crippen LogP contribution in [0.4, 0.5) is 10.5 Å². The van der Waals surface area contributed by atoms with Crippen molar-refractivity contribution in [2.24, 2.45) is 0 Å². The highest BCUT2D eigenvalue weighted by Gasteiger charge is 2.36. The molecule has 3 aromatic rings. The summed E-state index contributed by atoms with van der Waals surface area (Å²) in [5.74, 6) is -0.269. The summed E-state index contributed by atoms with van der Waals surface area (Å²) in [6.45, 7) is 2.39. The van der Waals surface area contributed by atoms with Gasteiger partial charge >= 0.3 is 6.09 Å². The number of hydrogen-bond acceptors (Lipinski definition) is 5. The maximum absolute atomic E-state index is 13.2. The van der Waals surface area contributed by atoms with E-state index in [-0.39, 0.29) is 5.91 Å². The maximum Gasteiger partial charge on any atom is 0.410 e. The quantitative estimate of drug-likeness (QED) is 0.698. The smallest absolute Gasteiger partial charge is 0.410 e. The summed E-state index contributed by atoms with van der Waals surface area (Å²) in [5.41, 5.74) is 4.36. The second-order valence-electron chi connectivity index (χ2n) is 6.84. The molecule has 2 aromatic carbocycles. The molecular formula is C22H21N3O3S. The van der Waals surface area contributed by atoms with Crippen molar-refractivity contribution in [1.29, 1.82) is 0 Å². The average Bonchev–Trinajstić information content (AvgIpc) is 3.18. The van der Waals surface area contributed by atoms with Crippen LogP contribution < -0.4 is 5.32 Å². The first kappa shape index (κ1) is 19.1. The van der Waals surface area contributed by atoms with Crippen LogP contribution in [-0.4, -0.2) is 35.5 Å². The van der Waals surface area contributed by atoms with Crippen molar-refractivity contribution in [2.45, 2.75) is 19.4 Å². The van der Waals surface area contributed by atoms with E-state index in [4.69, 9.17) is 4.74 Å². The zero-order valence-electron chi connectivity index (χ0n) is 16.2. The van der Waals surface area contributed by atoms with Crippen LogP contribution in [0.5, 0.6) is 0 Å². The number of nitrogens with zero attached hydrogens (tertiary/aromatic N) is 2. The van der Waals surface area contributed by atoms with Gasteiger partial charge in [-0.25, -0.2) is 9.78 Å². The van der Waals surface area contributed by atoms with Crippen LogP contribution in [0.2, 0.25) is 0 Å². The van der Waals surface area contributed by atoms with Crippen LogP contribution in [0.1, 0.15) is 22.2 Å². The molecule has 1 N–H and O–H groups in total. The molecule has 1 aromatic heterocycles. The molecule has 148 valence electrons. The number of methoxy groups -OCH3 is 1. The summed E-state index contributed by atoms with van der Waals surface area (Å²) in [4.78, 5) is 31.5. The third-order valence-corrected chi connectivity index (χ3v) is 5.76. The number of carbonyl (C=O) groups is 2. The van der Waals surface area contributed by atoms with Crippen molar-refractivity contribution < 1.29 is 14.3 Å². The molecule has 2 amide bonds. The molecule has 0 spiro atoms. The van der Waals surface area contributed by atoms with Gasteiger partial charge in [-0.2, -0.15) is 0 Å². The number of anilines is 1. The SMILES string of the molecule is COC(=O)N1CCc2ccccc2[C@H]1C(=O)Nc1cccc(-c2csc(C)n2)c1. The molecule has 4 rings (SSSR count). The molecular weight excluding hydrogens is 386 g/mol. The van der Waals surface area contributed by atoms with E-state index in [1.165, 1.54) is 12.0 Å². The first-order valence-corrected chi connectivity index (χ1v) is 10.2. The molecule has 0 saturated carbocycles. The average molecular weight is 407 g/mol. The maximum atomic E-state index is 13.2. The number of rotatable bonds is 3. The van der Waals surface area contributed by atoms with Crippen LogP contribution in [0, 0.1) is 6.92 Å². The molecule has 1 atom stereocenters. The van der Waals surface area contributed by atoms with Gasteiger partial charge in [0.1, 0.15) is 6.04 Å². The molecule has 0 fully saturated rings. The number of benzene rings is 2. The van der Waals surface area contributed by atoms with E-state index < -0.39 is 12.1 Å². The summed E-state index contributed by atoms with van der Waals surface area (Å²) in [7, 11) is 1.33. The summed E-state index contributed by atoms with van der Waals surface area (Å²) in [6.07, 6.45) is 0.180. The van der Waals surface area contributed by atoms with Gasteiger partial charge < -0.3 is 10.1 Å². The molecule has 0 aliphatic carbocycles. The Labute approximate surface area is 173 Å². The third kappa shape index (κ3) is 3.86. The van der Waals surface area contributed by atoms with E-state index in [0.717, 1.165) is 27.4 Å². The van der Waals surface area contributed by atoms with Crippen LogP contribution in [0.15, 0.2) is 53.9 Å². The molecule has 7 heteroatoms. The Morgan fingerprint density at radius 2 is 2.03 bits per heavy atom. The van der Waals surface area contributed by atoms with E-state index in [1.54, 1.807) is 11.3 Å². The second kappa shape index (κ2) is 8.05. The van der Waals surface area contributed by atoms with Crippen LogP contribution >= 0.6 is 11.3 Å². The predicted octanol–water partition coefficient (Wildman–Crippen LogP) is 4.42. The standard InChI is InChI=1S/C22H21N3O3S/c1-14-23-19(13-29-14)16-7-5-8-17(12-16)24-21(26)20-18-9-4-3-6-15(18)10-11-25(20)22(27)28-2/h3-9,12-13,20H,10-11H2,1-2H3,(H,24,26)/t20-/m0/s1. The van der Waals surface area contributed by atoms with Gasteiger partial charge in [-0.1, -0.05) is 36.4 Å². The Bertz CT molecular complexity index is 1060. The molecule has 1 aliphatic rings. The summed E-state index contributed by atoms with van der Waals surface area (Å²) < 4.78 is 4.91. The van der Waals surface area contributed by atoms with Crippen molar-refractivity contribution >= 4 is 29.0 Å². The van der Waals surface area contributed by atoms with Gasteiger partial charge in [0.05, 0.1) is 17.8 Å². The first-order valence-electron chi connectivity index (χ1n) is 9.32. The van der Waals surface area contributed by atoms with Crippen LogP contribution in [-0.2, 0) is 16.0 Å². The minimum Gasteiger partial charge on any atom is -0.453 e. The minimum absolute atomic E-state index is 0.269. The lowest BCUT2D eigenvalue weighted by atomic mass is 9.92. The second-order valence-corrected chi connectivity index (χ2v) is 7.90. The van der Waals surface area contributed by atoms with E-state index in [9.17, 15) is 9.59 Å². The fourth-order valence-electron chi connectivity index (χ4n) is 3.63. The molecule has 1 aliphatic heterocycles. The Morgan fingerprint density at radius 3 is 2.79 bits per heavy atom. The number of fused-ring (bicyclic) bond motifs is 1. The number of aryl methyl sites for hydroxylation is 1. The molecule has 0 radical (unpaired) electrons. The van der Waals surface area contributed by atoms with Crippen molar-refractivity contribution in [3.05, 3.63) is 70.0 Å². The lowest BCUT2D eigenvalue weighted by Crippen LogP contribution is -2.45. The zero-order valence-corrected chi connectivity index (χ0v) is 17.0. The highest BCUT2D eigenvalue weighted by Crippen LogP contribution is 2.32. The monoisotopic (exact) mass is 407 g/mol. The van der Waals surface area contributed by atoms with E-state index in [2.05, 4.69) is 10.3 Å².